The Morgan fingerprint density at radius 2 is 2.11 bits per heavy atom. The summed E-state index contributed by atoms with van der Waals surface area (Å²) in [5.74, 6) is 0.320. The van der Waals surface area contributed by atoms with Gasteiger partial charge in [-0.3, -0.25) is 4.79 Å². The third-order valence-corrected chi connectivity index (χ3v) is 4.22. The number of rotatable bonds is 2. The van der Waals surface area contributed by atoms with Crippen molar-refractivity contribution in [2.45, 2.75) is 25.4 Å². The van der Waals surface area contributed by atoms with Crippen LogP contribution in [0.25, 0.3) is 0 Å². The smallest absolute Gasteiger partial charge is 0.255 e. The van der Waals surface area contributed by atoms with Crippen LogP contribution in [0.2, 0.25) is 5.02 Å². The van der Waals surface area contributed by atoms with Gasteiger partial charge in [0.25, 0.3) is 5.91 Å². The van der Waals surface area contributed by atoms with E-state index in [0.29, 0.717) is 29.6 Å². The van der Waals surface area contributed by atoms with Gasteiger partial charge in [-0.05, 0) is 43.4 Å². The first kappa shape index (κ1) is 12.0. The summed E-state index contributed by atoms with van der Waals surface area (Å²) in [7, 11) is 0. The summed E-state index contributed by atoms with van der Waals surface area (Å²) in [5.41, 5.74) is 0.932. The molecule has 3 rings (SSSR count). The first-order valence-corrected chi connectivity index (χ1v) is 6.65. The van der Waals surface area contributed by atoms with Crippen LogP contribution < -0.4 is 0 Å². The fourth-order valence-electron chi connectivity index (χ4n) is 2.60. The Bertz CT molecular complexity index is 505. The summed E-state index contributed by atoms with van der Waals surface area (Å²) >= 11 is 6.09. The summed E-state index contributed by atoms with van der Waals surface area (Å²) in [4.78, 5) is 13.9. The number of β-amino-alcohol motifs (C(OH)–C–C–N with tert-alkyl or cyclic N) is 1. The van der Waals surface area contributed by atoms with E-state index in [1.54, 1.807) is 17.0 Å². The molecule has 96 valence electrons. The largest absolute Gasteiger partial charge is 0.386 e. The summed E-state index contributed by atoms with van der Waals surface area (Å²) in [6.45, 7) is 2.83. The Labute approximate surface area is 111 Å². The number of amides is 1. The number of benzene rings is 1. The van der Waals surface area contributed by atoms with E-state index in [4.69, 9.17) is 11.6 Å². The Morgan fingerprint density at radius 1 is 1.44 bits per heavy atom. The fourth-order valence-corrected chi connectivity index (χ4v) is 2.92. The molecule has 2 aliphatic rings. The van der Waals surface area contributed by atoms with Crippen LogP contribution in [0.5, 0.6) is 0 Å². The lowest BCUT2D eigenvalue weighted by Crippen LogP contribution is -2.64. The van der Waals surface area contributed by atoms with E-state index in [9.17, 15) is 9.90 Å². The van der Waals surface area contributed by atoms with Crippen molar-refractivity contribution in [3.63, 3.8) is 0 Å². The van der Waals surface area contributed by atoms with Crippen LogP contribution in [0, 0.1) is 12.8 Å². The SMILES string of the molecule is Cc1ccc(C(=O)N2CC(O)(C3CC3)C2)c(Cl)c1. The van der Waals surface area contributed by atoms with Crippen LogP contribution in [0.4, 0.5) is 0 Å². The molecule has 1 saturated carbocycles. The molecule has 1 saturated heterocycles. The average molecular weight is 266 g/mol. The molecule has 3 nitrogen and oxygen atoms in total. The minimum atomic E-state index is -0.632. The van der Waals surface area contributed by atoms with Crippen LogP contribution in [0.15, 0.2) is 18.2 Å². The monoisotopic (exact) mass is 265 g/mol. The molecule has 0 bridgehead atoms. The van der Waals surface area contributed by atoms with Crippen molar-refractivity contribution in [3.05, 3.63) is 34.3 Å². The van der Waals surface area contributed by atoms with Gasteiger partial charge in [0, 0.05) is 0 Å². The van der Waals surface area contributed by atoms with E-state index in [2.05, 4.69) is 0 Å². The number of hydrogen-bond donors (Lipinski definition) is 1. The summed E-state index contributed by atoms with van der Waals surface area (Å²) in [6.07, 6.45) is 2.17. The highest BCUT2D eigenvalue weighted by molar-refractivity contribution is 6.33. The van der Waals surface area contributed by atoms with Crippen molar-refractivity contribution in [1.29, 1.82) is 0 Å². The Hall–Kier alpha value is -1.06. The molecule has 4 heteroatoms. The molecular formula is C14H16ClNO2. The number of hydrogen-bond acceptors (Lipinski definition) is 2. The van der Waals surface area contributed by atoms with Gasteiger partial charge in [-0.25, -0.2) is 0 Å². The number of carbonyl (C=O) groups is 1. The highest BCUT2D eigenvalue weighted by atomic mass is 35.5. The zero-order chi connectivity index (χ0) is 12.9. The summed E-state index contributed by atoms with van der Waals surface area (Å²) in [5, 5.41) is 10.7. The van der Waals surface area contributed by atoms with Crippen LogP contribution in [0.3, 0.4) is 0 Å². The van der Waals surface area contributed by atoms with E-state index >= 15 is 0 Å². The third-order valence-electron chi connectivity index (χ3n) is 3.91. The third kappa shape index (κ3) is 1.91. The second-order valence-corrected chi connectivity index (χ2v) is 5.93. The van der Waals surface area contributed by atoms with Crippen LogP contribution >= 0.6 is 11.6 Å². The van der Waals surface area contributed by atoms with Crippen molar-refractivity contribution in [3.8, 4) is 0 Å². The van der Waals surface area contributed by atoms with Gasteiger partial charge in [-0.1, -0.05) is 17.7 Å². The molecule has 1 aromatic carbocycles. The molecule has 0 atom stereocenters. The number of carbonyl (C=O) groups excluding carboxylic acids is 1. The molecule has 1 heterocycles. The second kappa shape index (κ2) is 3.97. The quantitative estimate of drug-likeness (QED) is 0.891. The van der Waals surface area contributed by atoms with Crippen molar-refractivity contribution in [2.24, 2.45) is 5.92 Å². The van der Waals surface area contributed by atoms with Gasteiger partial charge in [0.1, 0.15) is 5.60 Å². The molecule has 0 unspecified atom stereocenters. The van der Waals surface area contributed by atoms with E-state index < -0.39 is 5.60 Å². The maximum absolute atomic E-state index is 12.2. The molecule has 1 amide bonds. The highest BCUT2D eigenvalue weighted by Gasteiger charge is 2.53. The van der Waals surface area contributed by atoms with E-state index in [1.165, 1.54) is 0 Å². The lowest BCUT2D eigenvalue weighted by molar-refractivity contribution is -0.0958. The van der Waals surface area contributed by atoms with Crippen molar-refractivity contribution < 1.29 is 9.90 Å². The molecule has 2 fully saturated rings. The highest BCUT2D eigenvalue weighted by Crippen LogP contribution is 2.44. The number of nitrogens with zero attached hydrogens (tertiary/aromatic N) is 1. The second-order valence-electron chi connectivity index (χ2n) is 5.52. The van der Waals surface area contributed by atoms with Gasteiger partial charge in [-0.15, -0.1) is 0 Å². The lowest BCUT2D eigenvalue weighted by Gasteiger charge is -2.47. The molecule has 1 aromatic rings. The molecule has 0 radical (unpaired) electrons. The van der Waals surface area contributed by atoms with E-state index in [-0.39, 0.29) is 5.91 Å². The molecule has 0 aromatic heterocycles. The number of likely N-dealkylation sites (tertiary alicyclic amines) is 1. The van der Waals surface area contributed by atoms with Gasteiger partial charge in [0.2, 0.25) is 0 Å². The maximum atomic E-state index is 12.2. The van der Waals surface area contributed by atoms with Crippen LogP contribution in [0.1, 0.15) is 28.8 Å². The van der Waals surface area contributed by atoms with E-state index in [0.717, 1.165) is 18.4 Å². The Morgan fingerprint density at radius 3 is 2.67 bits per heavy atom. The normalized spacial score (nSPS) is 21.6. The fraction of sp³-hybridized carbons (Fsp3) is 0.500. The standard InChI is InChI=1S/C14H16ClNO2/c1-9-2-5-11(12(15)6-9)13(17)16-7-14(18,8-16)10-3-4-10/h2,5-6,10,18H,3-4,7-8H2,1H3. The van der Waals surface area contributed by atoms with Crippen LogP contribution in [-0.4, -0.2) is 34.6 Å². The molecule has 0 spiro atoms. The lowest BCUT2D eigenvalue weighted by atomic mass is 9.88. The van der Waals surface area contributed by atoms with Gasteiger partial charge in [0.15, 0.2) is 0 Å². The first-order chi connectivity index (χ1) is 8.49. The summed E-state index contributed by atoms with van der Waals surface area (Å²) < 4.78 is 0. The molecule has 18 heavy (non-hydrogen) atoms. The van der Waals surface area contributed by atoms with Gasteiger partial charge < -0.3 is 10.0 Å². The van der Waals surface area contributed by atoms with Gasteiger partial charge in [0.05, 0.1) is 23.7 Å². The minimum absolute atomic E-state index is 0.0784. The van der Waals surface area contributed by atoms with E-state index in [1.807, 2.05) is 13.0 Å². The van der Waals surface area contributed by atoms with Gasteiger partial charge in [-0.2, -0.15) is 0 Å². The van der Waals surface area contributed by atoms with Crippen molar-refractivity contribution >= 4 is 17.5 Å². The number of aryl methyl sites for hydroxylation is 1. The maximum Gasteiger partial charge on any atom is 0.255 e. The predicted octanol–water partition coefficient (Wildman–Crippen LogP) is 2.25. The topological polar surface area (TPSA) is 40.5 Å². The predicted molar refractivity (Wildman–Crippen MR) is 69.8 cm³/mol. The molecule has 1 aliphatic carbocycles. The molecule has 1 aliphatic heterocycles. The number of halogens is 1. The van der Waals surface area contributed by atoms with Crippen LogP contribution in [-0.2, 0) is 0 Å². The summed E-state index contributed by atoms with van der Waals surface area (Å²) in [6, 6.07) is 5.43. The minimum Gasteiger partial charge on any atom is -0.386 e. The average Bonchev–Trinajstić information content (AvgIpc) is 3.08. The number of aliphatic hydroxyl groups is 1. The Balaban J connectivity index is 1.72. The zero-order valence-corrected chi connectivity index (χ0v) is 11.1. The Kier molecular flexibility index (Phi) is 2.65. The van der Waals surface area contributed by atoms with Crippen molar-refractivity contribution in [2.75, 3.05) is 13.1 Å². The van der Waals surface area contributed by atoms with Gasteiger partial charge >= 0.3 is 0 Å². The molecular weight excluding hydrogens is 250 g/mol. The zero-order valence-electron chi connectivity index (χ0n) is 10.3. The first-order valence-electron chi connectivity index (χ1n) is 6.27. The van der Waals surface area contributed by atoms with Crippen molar-refractivity contribution in [1.82, 2.24) is 4.90 Å². The molecule has 1 N–H and O–H groups in total.